The van der Waals surface area contributed by atoms with Gasteiger partial charge in [0.05, 0.1) is 12.8 Å². The number of methoxy groups -OCH3 is 1. The Bertz CT molecular complexity index is 780. The molecule has 6 heteroatoms. The molecule has 1 saturated heterocycles. The summed E-state index contributed by atoms with van der Waals surface area (Å²) in [5, 5.41) is 7.01. The topological polar surface area (TPSA) is 52.1 Å². The van der Waals surface area contributed by atoms with Crippen molar-refractivity contribution in [2.45, 2.75) is 19.0 Å². The Morgan fingerprint density at radius 1 is 1.17 bits per heavy atom. The normalized spacial score (nSPS) is 16.9. The molecule has 2 aromatic rings. The van der Waals surface area contributed by atoms with Crippen LogP contribution in [0.5, 0.6) is 5.75 Å². The Kier molecular flexibility index (Phi) is 7.76. The monoisotopic (exact) mass is 395 g/mol. The second kappa shape index (κ2) is 10.7. The average molecular weight is 396 g/mol. The van der Waals surface area contributed by atoms with Gasteiger partial charge in [0.2, 0.25) is 0 Å². The summed E-state index contributed by atoms with van der Waals surface area (Å²) in [4.78, 5) is 9.08. The Labute approximate surface area is 174 Å². The number of nitrogens with one attached hydrogen (secondary N) is 2. The van der Waals surface area contributed by atoms with Crippen LogP contribution in [0.2, 0.25) is 0 Å². The molecule has 0 spiro atoms. The van der Waals surface area contributed by atoms with E-state index in [0.717, 1.165) is 56.5 Å². The van der Waals surface area contributed by atoms with Crippen LogP contribution < -0.4 is 20.3 Å². The van der Waals surface area contributed by atoms with Crippen LogP contribution in [0.15, 0.2) is 59.6 Å². The molecule has 1 aliphatic heterocycles. The molecule has 0 aromatic heterocycles. The molecule has 156 valence electrons. The fraction of sp³-hybridized carbons (Fsp3) is 0.435. The fourth-order valence-corrected chi connectivity index (χ4v) is 3.72. The Balaban J connectivity index is 1.42. The maximum Gasteiger partial charge on any atom is 0.191 e. The fourth-order valence-electron chi connectivity index (χ4n) is 3.72. The molecule has 1 unspecified atom stereocenters. The van der Waals surface area contributed by atoms with E-state index in [4.69, 9.17) is 4.74 Å². The van der Waals surface area contributed by atoms with Gasteiger partial charge in [0.15, 0.2) is 5.96 Å². The van der Waals surface area contributed by atoms with Gasteiger partial charge < -0.3 is 25.2 Å². The summed E-state index contributed by atoms with van der Waals surface area (Å²) in [6, 6.07) is 19.1. The number of aliphatic imine (C=N–C) groups is 1. The lowest BCUT2D eigenvalue weighted by atomic mass is 10.2. The number of ether oxygens (including phenoxy) is 1. The first-order chi connectivity index (χ1) is 14.2. The molecule has 0 aliphatic carbocycles. The van der Waals surface area contributed by atoms with E-state index in [2.05, 4.69) is 74.9 Å². The van der Waals surface area contributed by atoms with Crippen LogP contribution in [0, 0.1) is 0 Å². The van der Waals surface area contributed by atoms with Crippen molar-refractivity contribution in [3.05, 3.63) is 60.2 Å². The number of rotatable bonds is 8. The average Bonchev–Trinajstić information content (AvgIpc) is 3.22. The van der Waals surface area contributed by atoms with E-state index in [1.165, 1.54) is 5.56 Å². The lowest BCUT2D eigenvalue weighted by Crippen LogP contribution is -2.46. The van der Waals surface area contributed by atoms with Crippen LogP contribution in [0.3, 0.4) is 0 Å². The van der Waals surface area contributed by atoms with Gasteiger partial charge in [-0.25, -0.2) is 0 Å². The predicted molar refractivity (Wildman–Crippen MR) is 121 cm³/mol. The highest BCUT2D eigenvalue weighted by Gasteiger charge is 2.25. The van der Waals surface area contributed by atoms with Crippen molar-refractivity contribution in [2.75, 3.05) is 52.3 Å². The molecule has 29 heavy (non-hydrogen) atoms. The molecule has 2 aromatic carbocycles. The van der Waals surface area contributed by atoms with E-state index >= 15 is 0 Å². The Morgan fingerprint density at radius 2 is 1.93 bits per heavy atom. The molecule has 6 nitrogen and oxygen atoms in total. The predicted octanol–water partition coefficient (Wildman–Crippen LogP) is 2.57. The molecule has 1 heterocycles. The number of para-hydroxylation sites is 2. The number of likely N-dealkylation sites (N-methyl/N-ethyl adjacent to an activating group) is 1. The summed E-state index contributed by atoms with van der Waals surface area (Å²) in [6.07, 6.45) is 1.08. The highest BCUT2D eigenvalue weighted by Crippen LogP contribution is 2.30. The van der Waals surface area contributed by atoms with Crippen molar-refractivity contribution >= 4 is 11.6 Å². The van der Waals surface area contributed by atoms with Crippen molar-refractivity contribution in [3.63, 3.8) is 0 Å². The second-order valence-corrected chi connectivity index (χ2v) is 7.47. The third-order valence-corrected chi connectivity index (χ3v) is 5.26. The summed E-state index contributed by atoms with van der Waals surface area (Å²) in [6.45, 7) is 4.70. The van der Waals surface area contributed by atoms with Crippen molar-refractivity contribution in [1.82, 2.24) is 15.5 Å². The van der Waals surface area contributed by atoms with Crippen molar-refractivity contribution in [3.8, 4) is 5.75 Å². The highest BCUT2D eigenvalue weighted by molar-refractivity contribution is 5.80. The number of hydrogen-bond donors (Lipinski definition) is 2. The van der Waals surface area contributed by atoms with Crippen LogP contribution in [0.4, 0.5) is 5.69 Å². The van der Waals surface area contributed by atoms with Crippen LogP contribution in [0.1, 0.15) is 12.0 Å². The van der Waals surface area contributed by atoms with Crippen molar-refractivity contribution in [2.24, 2.45) is 4.99 Å². The van der Waals surface area contributed by atoms with E-state index in [0.29, 0.717) is 6.04 Å². The minimum absolute atomic E-state index is 0.369. The summed E-state index contributed by atoms with van der Waals surface area (Å²) in [7, 11) is 5.70. The lowest BCUT2D eigenvalue weighted by molar-refractivity contribution is 0.331. The van der Waals surface area contributed by atoms with Crippen LogP contribution in [-0.4, -0.2) is 64.3 Å². The minimum Gasteiger partial charge on any atom is -0.495 e. The molecule has 0 saturated carbocycles. The molecule has 3 rings (SSSR count). The number of nitrogens with zero attached hydrogens (tertiary/aromatic N) is 3. The molecular formula is C23H33N5O. The summed E-state index contributed by atoms with van der Waals surface area (Å²) in [5.74, 6) is 1.79. The van der Waals surface area contributed by atoms with Crippen LogP contribution >= 0.6 is 0 Å². The van der Waals surface area contributed by atoms with Gasteiger partial charge in [-0.15, -0.1) is 0 Å². The number of benzene rings is 2. The molecular weight excluding hydrogens is 362 g/mol. The van der Waals surface area contributed by atoms with Gasteiger partial charge in [-0.3, -0.25) is 4.99 Å². The van der Waals surface area contributed by atoms with Gasteiger partial charge in [0.1, 0.15) is 5.75 Å². The second-order valence-electron chi connectivity index (χ2n) is 7.47. The molecule has 2 N–H and O–H groups in total. The zero-order valence-electron chi connectivity index (χ0n) is 17.8. The molecule has 1 atom stereocenters. The first kappa shape index (κ1) is 21.0. The first-order valence-electron chi connectivity index (χ1n) is 10.3. The smallest absolute Gasteiger partial charge is 0.191 e. The molecule has 1 aliphatic rings. The zero-order valence-corrected chi connectivity index (χ0v) is 17.8. The quantitative estimate of drug-likeness (QED) is 0.532. The van der Waals surface area contributed by atoms with E-state index < -0.39 is 0 Å². The van der Waals surface area contributed by atoms with Crippen molar-refractivity contribution < 1.29 is 4.74 Å². The third kappa shape index (κ3) is 6.12. The third-order valence-electron chi connectivity index (χ3n) is 5.26. The SMILES string of the molecule is CN=C(NCCN(C)Cc1ccccc1)NC1CCN(c2ccccc2OC)C1. The first-order valence-corrected chi connectivity index (χ1v) is 10.3. The molecule has 0 amide bonds. The molecule has 0 radical (unpaired) electrons. The number of anilines is 1. The lowest BCUT2D eigenvalue weighted by Gasteiger charge is -2.22. The van der Waals surface area contributed by atoms with E-state index in [1.807, 2.05) is 19.2 Å². The molecule has 0 bridgehead atoms. The van der Waals surface area contributed by atoms with Gasteiger partial charge in [-0.2, -0.15) is 0 Å². The Hall–Kier alpha value is -2.73. The van der Waals surface area contributed by atoms with E-state index in [1.54, 1.807) is 7.11 Å². The summed E-state index contributed by atoms with van der Waals surface area (Å²) >= 11 is 0. The van der Waals surface area contributed by atoms with E-state index in [-0.39, 0.29) is 0 Å². The van der Waals surface area contributed by atoms with Crippen LogP contribution in [-0.2, 0) is 6.54 Å². The van der Waals surface area contributed by atoms with Gasteiger partial charge >= 0.3 is 0 Å². The van der Waals surface area contributed by atoms with Gasteiger partial charge in [0.25, 0.3) is 0 Å². The van der Waals surface area contributed by atoms with Crippen LogP contribution in [0.25, 0.3) is 0 Å². The number of guanidine groups is 1. The largest absolute Gasteiger partial charge is 0.495 e. The standard InChI is InChI=1S/C23H33N5O/c1-24-23(25-14-16-27(2)17-19-9-5-4-6-10-19)26-20-13-15-28(18-20)21-11-7-8-12-22(21)29-3/h4-12,20H,13-18H2,1-3H3,(H2,24,25,26). The highest BCUT2D eigenvalue weighted by atomic mass is 16.5. The van der Waals surface area contributed by atoms with Gasteiger partial charge in [0, 0.05) is 45.8 Å². The van der Waals surface area contributed by atoms with E-state index in [9.17, 15) is 0 Å². The van der Waals surface area contributed by atoms with Crippen molar-refractivity contribution in [1.29, 1.82) is 0 Å². The molecule has 1 fully saturated rings. The Morgan fingerprint density at radius 3 is 2.69 bits per heavy atom. The number of hydrogen-bond acceptors (Lipinski definition) is 4. The van der Waals surface area contributed by atoms with Gasteiger partial charge in [-0.05, 0) is 31.2 Å². The maximum absolute atomic E-state index is 5.51. The minimum atomic E-state index is 0.369. The summed E-state index contributed by atoms with van der Waals surface area (Å²) in [5.41, 5.74) is 2.49. The summed E-state index contributed by atoms with van der Waals surface area (Å²) < 4.78 is 5.51. The zero-order chi connectivity index (χ0) is 20.5. The maximum atomic E-state index is 5.51. The van der Waals surface area contributed by atoms with Gasteiger partial charge in [-0.1, -0.05) is 42.5 Å².